The van der Waals surface area contributed by atoms with Gasteiger partial charge in [0.05, 0.1) is 26.9 Å². The van der Waals surface area contributed by atoms with Gasteiger partial charge in [-0.1, -0.05) is 0 Å². The van der Waals surface area contributed by atoms with Crippen LogP contribution in [0.5, 0.6) is 17.2 Å². The lowest BCUT2D eigenvalue weighted by molar-refractivity contribution is 0.340. The molecule has 0 aliphatic rings. The Hall–Kier alpha value is -2.47. The summed E-state index contributed by atoms with van der Waals surface area (Å²) in [5.74, 6) is 2.39. The fourth-order valence-corrected chi connectivity index (χ4v) is 2.72. The highest BCUT2D eigenvalue weighted by Gasteiger charge is 2.14. The second kappa shape index (κ2) is 9.13. The maximum Gasteiger partial charge on any atom is 0.171 e. The van der Waals surface area contributed by atoms with Crippen LogP contribution in [0.4, 0.5) is 5.69 Å². The van der Waals surface area contributed by atoms with Crippen molar-refractivity contribution in [1.82, 2.24) is 5.32 Å². The first-order valence-corrected chi connectivity index (χ1v) is 8.50. The Bertz CT molecular complexity index is 704. The van der Waals surface area contributed by atoms with Crippen molar-refractivity contribution in [2.45, 2.75) is 19.9 Å². The molecule has 0 saturated heterocycles. The average Bonchev–Trinajstić information content (AvgIpc) is 2.62. The van der Waals surface area contributed by atoms with E-state index in [0.717, 1.165) is 28.5 Å². The summed E-state index contributed by atoms with van der Waals surface area (Å²) in [5, 5.41) is 6.96. The molecule has 0 fully saturated rings. The molecule has 2 rings (SSSR count). The SMILES string of the molecule is CCOc1ccc(NC(=S)N[C@H](C)c2cc(OC)ccc2OC)cc1. The fraction of sp³-hybridized carbons (Fsp3) is 0.316. The van der Waals surface area contributed by atoms with Crippen molar-refractivity contribution in [1.29, 1.82) is 0 Å². The molecule has 134 valence electrons. The molecule has 0 bridgehead atoms. The van der Waals surface area contributed by atoms with Gasteiger partial charge in [-0.15, -0.1) is 0 Å². The molecule has 5 nitrogen and oxygen atoms in total. The highest BCUT2D eigenvalue weighted by atomic mass is 32.1. The molecule has 0 aliphatic carbocycles. The maximum absolute atomic E-state index is 5.43. The van der Waals surface area contributed by atoms with Gasteiger partial charge >= 0.3 is 0 Å². The molecule has 0 saturated carbocycles. The number of ether oxygens (including phenoxy) is 3. The van der Waals surface area contributed by atoms with Crippen molar-refractivity contribution < 1.29 is 14.2 Å². The number of methoxy groups -OCH3 is 2. The molecule has 0 aliphatic heterocycles. The number of hydrogen-bond donors (Lipinski definition) is 2. The zero-order chi connectivity index (χ0) is 18.2. The monoisotopic (exact) mass is 360 g/mol. The van der Waals surface area contributed by atoms with E-state index in [0.29, 0.717) is 11.7 Å². The summed E-state index contributed by atoms with van der Waals surface area (Å²) in [7, 11) is 3.29. The van der Waals surface area contributed by atoms with Crippen molar-refractivity contribution in [3.63, 3.8) is 0 Å². The summed E-state index contributed by atoms with van der Waals surface area (Å²) >= 11 is 5.41. The number of benzene rings is 2. The largest absolute Gasteiger partial charge is 0.497 e. The van der Waals surface area contributed by atoms with E-state index in [2.05, 4.69) is 10.6 Å². The molecule has 25 heavy (non-hydrogen) atoms. The Labute approximate surface area is 154 Å². The van der Waals surface area contributed by atoms with Crippen LogP contribution in [0.3, 0.4) is 0 Å². The molecule has 6 heteroatoms. The van der Waals surface area contributed by atoms with Gasteiger partial charge in [0, 0.05) is 11.3 Å². The first kappa shape index (κ1) is 18.9. The number of anilines is 1. The lowest BCUT2D eigenvalue weighted by Gasteiger charge is -2.20. The van der Waals surface area contributed by atoms with Crippen molar-refractivity contribution in [2.24, 2.45) is 0 Å². The first-order valence-electron chi connectivity index (χ1n) is 8.09. The van der Waals surface area contributed by atoms with E-state index in [-0.39, 0.29) is 6.04 Å². The second-order valence-corrected chi connectivity index (χ2v) is 5.79. The minimum Gasteiger partial charge on any atom is -0.497 e. The van der Waals surface area contributed by atoms with E-state index in [1.54, 1.807) is 14.2 Å². The van der Waals surface area contributed by atoms with Gasteiger partial charge in [-0.2, -0.15) is 0 Å². The maximum atomic E-state index is 5.43. The number of thiocarbonyl (C=S) groups is 1. The van der Waals surface area contributed by atoms with Crippen LogP contribution in [0.1, 0.15) is 25.5 Å². The van der Waals surface area contributed by atoms with Crippen LogP contribution in [0.2, 0.25) is 0 Å². The number of rotatable bonds is 7. The van der Waals surface area contributed by atoms with Crippen LogP contribution in [0.15, 0.2) is 42.5 Å². The summed E-state index contributed by atoms with van der Waals surface area (Å²) in [6.07, 6.45) is 0. The van der Waals surface area contributed by atoms with Gasteiger partial charge in [0.1, 0.15) is 17.2 Å². The molecule has 0 aromatic heterocycles. The van der Waals surface area contributed by atoms with E-state index >= 15 is 0 Å². The second-order valence-electron chi connectivity index (χ2n) is 5.39. The third kappa shape index (κ3) is 5.26. The van der Waals surface area contributed by atoms with Crippen LogP contribution in [-0.4, -0.2) is 25.9 Å². The third-order valence-electron chi connectivity index (χ3n) is 3.67. The van der Waals surface area contributed by atoms with Gasteiger partial charge in [-0.05, 0) is 68.5 Å². The Balaban J connectivity index is 2.02. The minimum absolute atomic E-state index is 0.0484. The summed E-state index contributed by atoms with van der Waals surface area (Å²) in [4.78, 5) is 0. The van der Waals surface area contributed by atoms with Gasteiger partial charge in [-0.25, -0.2) is 0 Å². The topological polar surface area (TPSA) is 51.8 Å². The average molecular weight is 360 g/mol. The molecule has 2 aromatic rings. The van der Waals surface area contributed by atoms with Gasteiger partial charge in [0.2, 0.25) is 0 Å². The highest BCUT2D eigenvalue weighted by Crippen LogP contribution is 2.29. The van der Waals surface area contributed by atoms with Crippen LogP contribution < -0.4 is 24.8 Å². The first-order chi connectivity index (χ1) is 12.1. The van der Waals surface area contributed by atoms with Crippen LogP contribution in [-0.2, 0) is 0 Å². The summed E-state index contributed by atoms with van der Waals surface area (Å²) in [6, 6.07) is 13.3. The minimum atomic E-state index is -0.0484. The van der Waals surface area contributed by atoms with E-state index < -0.39 is 0 Å². The van der Waals surface area contributed by atoms with Crippen molar-refractivity contribution >= 4 is 23.0 Å². The molecule has 2 N–H and O–H groups in total. The van der Waals surface area contributed by atoms with Crippen LogP contribution in [0.25, 0.3) is 0 Å². The zero-order valence-corrected chi connectivity index (χ0v) is 15.8. The quantitative estimate of drug-likeness (QED) is 0.724. The Kier molecular flexibility index (Phi) is 6.89. The summed E-state index contributed by atoms with van der Waals surface area (Å²) in [6.45, 7) is 4.62. The molecule has 0 amide bonds. The fourth-order valence-electron chi connectivity index (χ4n) is 2.42. The van der Waals surface area contributed by atoms with E-state index in [9.17, 15) is 0 Å². The molecule has 2 aromatic carbocycles. The van der Waals surface area contributed by atoms with Crippen molar-refractivity contribution in [3.8, 4) is 17.2 Å². The summed E-state index contributed by atoms with van der Waals surface area (Å²) < 4.78 is 16.2. The highest BCUT2D eigenvalue weighted by molar-refractivity contribution is 7.80. The van der Waals surface area contributed by atoms with E-state index in [1.165, 1.54) is 0 Å². The number of nitrogens with one attached hydrogen (secondary N) is 2. The van der Waals surface area contributed by atoms with Gasteiger partial charge < -0.3 is 24.8 Å². The molecule has 1 atom stereocenters. The van der Waals surface area contributed by atoms with E-state index in [1.807, 2.05) is 56.3 Å². The predicted molar refractivity (Wildman–Crippen MR) is 105 cm³/mol. The molecular weight excluding hydrogens is 336 g/mol. The van der Waals surface area contributed by atoms with E-state index in [4.69, 9.17) is 26.4 Å². The zero-order valence-electron chi connectivity index (χ0n) is 15.0. The van der Waals surface area contributed by atoms with Gasteiger partial charge in [0.25, 0.3) is 0 Å². The lowest BCUT2D eigenvalue weighted by Crippen LogP contribution is -2.31. The van der Waals surface area contributed by atoms with Gasteiger partial charge in [-0.3, -0.25) is 0 Å². The molecule has 0 heterocycles. The normalized spacial score (nSPS) is 11.4. The predicted octanol–water partition coefficient (Wildman–Crippen LogP) is 4.15. The lowest BCUT2D eigenvalue weighted by atomic mass is 10.1. The Morgan fingerprint density at radius 3 is 2.32 bits per heavy atom. The Morgan fingerprint density at radius 1 is 1.04 bits per heavy atom. The standard InChI is InChI=1S/C19H24N2O3S/c1-5-24-15-8-6-14(7-9-15)21-19(25)20-13(2)17-12-16(22-3)10-11-18(17)23-4/h6-13H,5H2,1-4H3,(H2,20,21,25)/t13-/m1/s1. The molecule has 0 unspecified atom stereocenters. The summed E-state index contributed by atoms with van der Waals surface area (Å²) in [5.41, 5.74) is 1.86. The smallest absolute Gasteiger partial charge is 0.171 e. The van der Waals surface area contributed by atoms with Crippen LogP contribution >= 0.6 is 12.2 Å². The van der Waals surface area contributed by atoms with Crippen LogP contribution in [0, 0.1) is 0 Å². The number of hydrogen-bond acceptors (Lipinski definition) is 4. The molecule has 0 radical (unpaired) electrons. The molecule has 0 spiro atoms. The molecular formula is C19H24N2O3S. The third-order valence-corrected chi connectivity index (χ3v) is 3.89. The Morgan fingerprint density at radius 2 is 1.72 bits per heavy atom. The van der Waals surface area contributed by atoms with Gasteiger partial charge in [0.15, 0.2) is 5.11 Å². The van der Waals surface area contributed by atoms with Crippen molar-refractivity contribution in [3.05, 3.63) is 48.0 Å². The van der Waals surface area contributed by atoms with Crippen molar-refractivity contribution in [2.75, 3.05) is 26.1 Å².